The Kier molecular flexibility index (Phi) is 2.59. The molecule has 1 aliphatic heterocycles. The number of rotatable bonds is 0. The monoisotopic (exact) mass is 256 g/mol. The van der Waals surface area contributed by atoms with Crippen LogP contribution >= 0.6 is 0 Å². The molecule has 2 heterocycles. The van der Waals surface area contributed by atoms with Gasteiger partial charge in [-0.05, 0) is 26.0 Å². The molecule has 2 aromatic rings. The summed E-state index contributed by atoms with van der Waals surface area (Å²) < 4.78 is 7.83. The van der Waals surface area contributed by atoms with Crippen molar-refractivity contribution in [3.63, 3.8) is 0 Å². The van der Waals surface area contributed by atoms with E-state index in [-0.39, 0.29) is 17.2 Å². The number of nitrogens with zero attached hydrogens (tertiary/aromatic N) is 1. The van der Waals surface area contributed by atoms with Crippen molar-refractivity contribution in [3.05, 3.63) is 46.2 Å². The van der Waals surface area contributed by atoms with E-state index in [0.717, 1.165) is 22.6 Å². The Morgan fingerprint density at radius 2 is 2.16 bits per heavy atom. The van der Waals surface area contributed by atoms with Crippen LogP contribution in [0.2, 0.25) is 0 Å². The molecule has 2 N–H and O–H groups in total. The van der Waals surface area contributed by atoms with Crippen LogP contribution in [0.5, 0.6) is 5.75 Å². The maximum Gasteiger partial charge on any atom is 0.205 e. The number of aromatic nitrogens is 1. The van der Waals surface area contributed by atoms with E-state index in [1.165, 1.54) is 0 Å². The number of nitrogens with two attached hydrogens (primary N) is 1. The molecule has 0 aliphatic carbocycles. The molecule has 0 unspecified atom stereocenters. The summed E-state index contributed by atoms with van der Waals surface area (Å²) >= 11 is 0. The third kappa shape index (κ3) is 1.89. The minimum atomic E-state index is -0.146. The lowest BCUT2D eigenvalue weighted by Gasteiger charge is -2.16. The standard InChI is InChI=1S/C15H16N2O2/c1-9-3-4-15-11(5-9)13-6-14(18)12(16)7-17(13)10(2)8-19-15/h3-7,10H,8,16H2,1-2H3/t10-/m1/s1. The number of pyridine rings is 1. The van der Waals surface area contributed by atoms with Crippen molar-refractivity contribution in [2.75, 3.05) is 12.3 Å². The van der Waals surface area contributed by atoms with Gasteiger partial charge in [0.15, 0.2) is 0 Å². The second-order valence-corrected chi connectivity index (χ2v) is 5.05. The SMILES string of the molecule is Cc1ccc2c(c1)-c1cc(=O)c(N)cn1[C@H](C)CO2. The predicted octanol–water partition coefficient (Wildman–Crippen LogP) is 2.36. The summed E-state index contributed by atoms with van der Waals surface area (Å²) in [5.41, 5.74) is 8.80. The second-order valence-electron chi connectivity index (χ2n) is 5.05. The van der Waals surface area contributed by atoms with Gasteiger partial charge in [0.1, 0.15) is 12.4 Å². The van der Waals surface area contributed by atoms with Crippen LogP contribution in [-0.4, -0.2) is 11.2 Å². The van der Waals surface area contributed by atoms with E-state index in [1.807, 2.05) is 36.6 Å². The van der Waals surface area contributed by atoms with Crippen LogP contribution in [-0.2, 0) is 0 Å². The second kappa shape index (κ2) is 4.16. The smallest absolute Gasteiger partial charge is 0.205 e. The Balaban J connectivity index is 2.35. The highest BCUT2D eigenvalue weighted by Crippen LogP contribution is 2.35. The van der Waals surface area contributed by atoms with Crippen molar-refractivity contribution >= 4 is 5.69 Å². The fraction of sp³-hybridized carbons (Fsp3) is 0.267. The number of aryl methyl sites for hydroxylation is 1. The van der Waals surface area contributed by atoms with Gasteiger partial charge in [-0.3, -0.25) is 4.79 Å². The third-order valence-electron chi connectivity index (χ3n) is 3.47. The summed E-state index contributed by atoms with van der Waals surface area (Å²) in [5.74, 6) is 0.813. The summed E-state index contributed by atoms with van der Waals surface area (Å²) in [6.07, 6.45) is 1.71. The predicted molar refractivity (Wildman–Crippen MR) is 75.5 cm³/mol. The number of hydrogen-bond acceptors (Lipinski definition) is 3. The van der Waals surface area contributed by atoms with E-state index in [0.29, 0.717) is 6.61 Å². The maximum atomic E-state index is 11.8. The average Bonchev–Trinajstić information content (AvgIpc) is 2.50. The van der Waals surface area contributed by atoms with Crippen LogP contribution in [0, 0.1) is 6.92 Å². The van der Waals surface area contributed by atoms with E-state index >= 15 is 0 Å². The molecule has 1 atom stereocenters. The molecular weight excluding hydrogens is 240 g/mol. The van der Waals surface area contributed by atoms with Crippen LogP contribution in [0.15, 0.2) is 35.3 Å². The van der Waals surface area contributed by atoms with Gasteiger partial charge in [0, 0.05) is 17.8 Å². The molecule has 1 aromatic heterocycles. The molecule has 1 aromatic carbocycles. The van der Waals surface area contributed by atoms with Crippen molar-refractivity contribution < 1.29 is 4.74 Å². The van der Waals surface area contributed by atoms with Gasteiger partial charge in [0.25, 0.3) is 0 Å². The number of anilines is 1. The lowest BCUT2D eigenvalue weighted by molar-refractivity contribution is 0.269. The molecule has 0 fully saturated rings. The molecule has 0 spiro atoms. The zero-order chi connectivity index (χ0) is 13.6. The Morgan fingerprint density at radius 1 is 1.37 bits per heavy atom. The van der Waals surface area contributed by atoms with Crippen LogP contribution < -0.4 is 15.9 Å². The first-order valence-electron chi connectivity index (χ1n) is 6.32. The fourth-order valence-corrected chi connectivity index (χ4v) is 2.41. The summed E-state index contributed by atoms with van der Waals surface area (Å²) in [7, 11) is 0. The van der Waals surface area contributed by atoms with Crippen molar-refractivity contribution in [1.82, 2.24) is 4.57 Å². The van der Waals surface area contributed by atoms with E-state index in [9.17, 15) is 4.79 Å². The normalized spacial score (nSPS) is 17.1. The molecule has 98 valence electrons. The summed E-state index contributed by atoms with van der Waals surface area (Å²) in [6.45, 7) is 4.63. The molecule has 0 radical (unpaired) electrons. The Labute approximate surface area is 111 Å². The highest BCUT2D eigenvalue weighted by Gasteiger charge is 2.20. The van der Waals surface area contributed by atoms with Crippen LogP contribution in [0.4, 0.5) is 5.69 Å². The number of nitrogen functional groups attached to an aromatic ring is 1. The zero-order valence-corrected chi connectivity index (χ0v) is 11.0. The molecule has 19 heavy (non-hydrogen) atoms. The number of hydrogen-bond donors (Lipinski definition) is 1. The molecule has 0 amide bonds. The average molecular weight is 256 g/mol. The Hall–Kier alpha value is -2.23. The van der Waals surface area contributed by atoms with E-state index in [4.69, 9.17) is 10.5 Å². The highest BCUT2D eigenvalue weighted by atomic mass is 16.5. The Bertz CT molecular complexity index is 704. The van der Waals surface area contributed by atoms with Gasteiger partial charge in [-0.15, -0.1) is 0 Å². The molecule has 0 saturated carbocycles. The van der Waals surface area contributed by atoms with Gasteiger partial charge in [-0.25, -0.2) is 0 Å². The first-order chi connectivity index (χ1) is 9.06. The largest absolute Gasteiger partial charge is 0.491 e. The van der Waals surface area contributed by atoms with Crippen LogP contribution in [0.1, 0.15) is 18.5 Å². The quantitative estimate of drug-likeness (QED) is 0.787. The molecule has 1 aliphatic rings. The number of fused-ring (bicyclic) bond motifs is 3. The number of ether oxygens (including phenoxy) is 1. The minimum absolute atomic E-state index is 0.130. The zero-order valence-electron chi connectivity index (χ0n) is 11.0. The first-order valence-corrected chi connectivity index (χ1v) is 6.32. The molecule has 3 rings (SSSR count). The van der Waals surface area contributed by atoms with E-state index < -0.39 is 0 Å². The highest BCUT2D eigenvalue weighted by molar-refractivity contribution is 5.70. The van der Waals surface area contributed by atoms with Gasteiger partial charge < -0.3 is 15.0 Å². The van der Waals surface area contributed by atoms with Crippen molar-refractivity contribution in [2.24, 2.45) is 0 Å². The first kappa shape index (κ1) is 11.8. The van der Waals surface area contributed by atoms with Crippen LogP contribution in [0.25, 0.3) is 11.3 Å². The summed E-state index contributed by atoms with van der Waals surface area (Å²) in [4.78, 5) is 11.8. The lowest BCUT2D eigenvalue weighted by Crippen LogP contribution is -2.18. The Morgan fingerprint density at radius 3 is 2.95 bits per heavy atom. The van der Waals surface area contributed by atoms with E-state index in [2.05, 4.69) is 0 Å². The molecule has 4 heteroatoms. The molecule has 0 saturated heterocycles. The maximum absolute atomic E-state index is 11.8. The van der Waals surface area contributed by atoms with E-state index in [1.54, 1.807) is 12.3 Å². The van der Waals surface area contributed by atoms with Crippen LogP contribution in [0.3, 0.4) is 0 Å². The van der Waals surface area contributed by atoms with Gasteiger partial charge in [-0.1, -0.05) is 11.6 Å². The molecule has 4 nitrogen and oxygen atoms in total. The third-order valence-corrected chi connectivity index (χ3v) is 3.47. The number of benzene rings is 1. The van der Waals surface area contributed by atoms with Gasteiger partial charge in [0.05, 0.1) is 17.4 Å². The summed E-state index contributed by atoms with van der Waals surface area (Å²) in [6, 6.07) is 7.72. The topological polar surface area (TPSA) is 57.2 Å². The van der Waals surface area contributed by atoms with Gasteiger partial charge in [-0.2, -0.15) is 0 Å². The van der Waals surface area contributed by atoms with Crippen molar-refractivity contribution in [3.8, 4) is 17.0 Å². The fourth-order valence-electron chi connectivity index (χ4n) is 2.41. The minimum Gasteiger partial charge on any atom is -0.491 e. The van der Waals surface area contributed by atoms with Crippen molar-refractivity contribution in [1.29, 1.82) is 0 Å². The van der Waals surface area contributed by atoms with Gasteiger partial charge >= 0.3 is 0 Å². The molecule has 0 bridgehead atoms. The van der Waals surface area contributed by atoms with Gasteiger partial charge in [0.2, 0.25) is 5.43 Å². The lowest BCUT2D eigenvalue weighted by atomic mass is 10.1. The molecular formula is C15H16N2O2. The van der Waals surface area contributed by atoms with Crippen molar-refractivity contribution in [2.45, 2.75) is 19.9 Å². The summed E-state index contributed by atoms with van der Waals surface area (Å²) in [5, 5.41) is 0.